The molecule has 1 aromatic carbocycles. The highest BCUT2D eigenvalue weighted by Gasteiger charge is 2.12. The molecular formula is C15H12FNO2S. The van der Waals surface area contributed by atoms with Gasteiger partial charge >= 0.3 is 0 Å². The van der Waals surface area contributed by atoms with Crippen molar-refractivity contribution in [2.75, 3.05) is 0 Å². The van der Waals surface area contributed by atoms with Crippen molar-refractivity contribution in [1.82, 2.24) is 4.98 Å². The van der Waals surface area contributed by atoms with Crippen molar-refractivity contribution < 1.29 is 13.5 Å². The van der Waals surface area contributed by atoms with Crippen molar-refractivity contribution in [3.8, 4) is 16.5 Å². The minimum absolute atomic E-state index is 0.282. The van der Waals surface area contributed by atoms with Crippen LogP contribution >= 0.6 is 11.3 Å². The average molecular weight is 289 g/mol. The molecule has 3 aromatic rings. The third kappa shape index (κ3) is 2.72. The van der Waals surface area contributed by atoms with Crippen molar-refractivity contribution in [1.29, 1.82) is 0 Å². The molecule has 0 saturated carbocycles. The standard InChI is InChI=1S/C15H12FNO2S/c1-10-13(9-18-12-6-4-11(16)5-7-12)17-15(19-10)14-3-2-8-20-14/h2-8H,9H2,1H3. The molecule has 0 radical (unpaired) electrons. The third-order valence-electron chi connectivity index (χ3n) is 2.81. The van der Waals surface area contributed by atoms with Crippen LogP contribution in [-0.4, -0.2) is 4.98 Å². The largest absolute Gasteiger partial charge is 0.487 e. The molecule has 0 bridgehead atoms. The molecule has 0 saturated heterocycles. The fourth-order valence-electron chi connectivity index (χ4n) is 1.75. The first-order valence-corrected chi connectivity index (χ1v) is 6.99. The van der Waals surface area contributed by atoms with Gasteiger partial charge in [0.1, 0.15) is 29.6 Å². The summed E-state index contributed by atoms with van der Waals surface area (Å²) < 4.78 is 24.0. The lowest BCUT2D eigenvalue weighted by molar-refractivity contribution is 0.299. The summed E-state index contributed by atoms with van der Waals surface area (Å²) in [5, 5.41) is 1.98. The van der Waals surface area contributed by atoms with E-state index in [9.17, 15) is 4.39 Å². The lowest BCUT2D eigenvalue weighted by atomic mass is 10.3. The van der Waals surface area contributed by atoms with Gasteiger partial charge in [0.25, 0.3) is 0 Å². The third-order valence-corrected chi connectivity index (χ3v) is 3.67. The van der Waals surface area contributed by atoms with Crippen LogP contribution in [-0.2, 0) is 6.61 Å². The van der Waals surface area contributed by atoms with Gasteiger partial charge in [-0.3, -0.25) is 0 Å². The van der Waals surface area contributed by atoms with Gasteiger partial charge in [-0.15, -0.1) is 11.3 Å². The molecule has 0 unspecified atom stereocenters. The van der Waals surface area contributed by atoms with E-state index in [-0.39, 0.29) is 5.82 Å². The first-order chi connectivity index (χ1) is 9.72. The van der Waals surface area contributed by atoms with Crippen molar-refractivity contribution in [3.63, 3.8) is 0 Å². The summed E-state index contributed by atoms with van der Waals surface area (Å²) in [5.74, 6) is 1.66. The van der Waals surface area contributed by atoms with Crippen LogP contribution in [0.5, 0.6) is 5.75 Å². The Morgan fingerprint density at radius 3 is 2.75 bits per heavy atom. The zero-order valence-corrected chi connectivity index (χ0v) is 11.6. The van der Waals surface area contributed by atoms with Gasteiger partial charge in [0.2, 0.25) is 5.89 Å². The number of thiophene rings is 1. The summed E-state index contributed by atoms with van der Waals surface area (Å²) in [7, 11) is 0. The van der Waals surface area contributed by atoms with Gasteiger partial charge in [-0.1, -0.05) is 6.07 Å². The number of aryl methyl sites for hydroxylation is 1. The van der Waals surface area contributed by atoms with Crippen LogP contribution in [0, 0.1) is 12.7 Å². The van der Waals surface area contributed by atoms with E-state index in [1.54, 1.807) is 23.5 Å². The molecule has 3 nitrogen and oxygen atoms in total. The van der Waals surface area contributed by atoms with E-state index in [0.29, 0.717) is 18.2 Å². The van der Waals surface area contributed by atoms with Gasteiger partial charge in [-0.25, -0.2) is 9.37 Å². The summed E-state index contributed by atoms with van der Waals surface area (Å²) in [6.07, 6.45) is 0. The SMILES string of the molecule is Cc1oc(-c2cccs2)nc1COc1ccc(F)cc1. The summed E-state index contributed by atoms with van der Waals surface area (Å²) in [6.45, 7) is 2.15. The van der Waals surface area contributed by atoms with E-state index < -0.39 is 0 Å². The molecule has 5 heteroatoms. The van der Waals surface area contributed by atoms with Gasteiger partial charge in [0, 0.05) is 0 Å². The lowest BCUT2D eigenvalue weighted by Gasteiger charge is -2.03. The Balaban J connectivity index is 1.73. The Kier molecular flexibility index (Phi) is 3.52. The normalized spacial score (nSPS) is 10.7. The Labute approximate surface area is 119 Å². The number of nitrogens with zero attached hydrogens (tertiary/aromatic N) is 1. The molecule has 3 rings (SSSR count). The Morgan fingerprint density at radius 2 is 2.05 bits per heavy atom. The van der Waals surface area contributed by atoms with Crippen LogP contribution in [0.3, 0.4) is 0 Å². The van der Waals surface area contributed by atoms with Crippen LogP contribution in [0.25, 0.3) is 10.8 Å². The number of hydrogen-bond acceptors (Lipinski definition) is 4. The fraction of sp³-hybridized carbons (Fsp3) is 0.133. The van der Waals surface area contributed by atoms with Gasteiger partial charge in [-0.2, -0.15) is 0 Å². The number of halogens is 1. The smallest absolute Gasteiger partial charge is 0.236 e. The number of rotatable bonds is 4. The molecule has 102 valence electrons. The minimum atomic E-state index is -0.282. The topological polar surface area (TPSA) is 35.3 Å². The van der Waals surface area contributed by atoms with Crippen molar-refractivity contribution in [2.24, 2.45) is 0 Å². The molecule has 0 aliphatic rings. The maximum atomic E-state index is 12.8. The predicted octanol–water partition coefficient (Wildman–Crippen LogP) is 4.43. The van der Waals surface area contributed by atoms with E-state index in [2.05, 4.69) is 4.98 Å². The molecule has 0 aliphatic heterocycles. The summed E-state index contributed by atoms with van der Waals surface area (Å²) in [6, 6.07) is 9.81. The van der Waals surface area contributed by atoms with E-state index in [4.69, 9.17) is 9.15 Å². The van der Waals surface area contributed by atoms with Crippen LogP contribution in [0.2, 0.25) is 0 Å². The molecule has 0 spiro atoms. The van der Waals surface area contributed by atoms with Crippen LogP contribution in [0.4, 0.5) is 4.39 Å². The highest BCUT2D eigenvalue weighted by Crippen LogP contribution is 2.26. The number of oxazole rings is 1. The first-order valence-electron chi connectivity index (χ1n) is 6.11. The van der Waals surface area contributed by atoms with Crippen molar-refractivity contribution in [3.05, 3.63) is 59.0 Å². The predicted molar refractivity (Wildman–Crippen MR) is 75.3 cm³/mol. The molecule has 0 atom stereocenters. The highest BCUT2D eigenvalue weighted by molar-refractivity contribution is 7.13. The molecule has 0 fully saturated rings. The zero-order chi connectivity index (χ0) is 13.9. The van der Waals surface area contributed by atoms with Gasteiger partial charge in [0.15, 0.2) is 0 Å². The molecule has 2 heterocycles. The molecule has 2 aromatic heterocycles. The maximum Gasteiger partial charge on any atom is 0.236 e. The highest BCUT2D eigenvalue weighted by atomic mass is 32.1. The molecule has 0 aliphatic carbocycles. The van der Waals surface area contributed by atoms with Crippen molar-refractivity contribution >= 4 is 11.3 Å². The number of benzene rings is 1. The number of ether oxygens (including phenoxy) is 1. The van der Waals surface area contributed by atoms with E-state index in [1.807, 2.05) is 24.4 Å². The second kappa shape index (κ2) is 5.46. The average Bonchev–Trinajstić information content (AvgIpc) is 3.08. The molecule has 0 amide bonds. The van der Waals surface area contributed by atoms with Crippen LogP contribution < -0.4 is 4.74 Å². The van der Waals surface area contributed by atoms with E-state index in [1.165, 1.54) is 12.1 Å². The Hall–Kier alpha value is -2.14. The fourth-order valence-corrected chi connectivity index (χ4v) is 2.40. The Morgan fingerprint density at radius 1 is 1.25 bits per heavy atom. The zero-order valence-electron chi connectivity index (χ0n) is 10.8. The maximum absolute atomic E-state index is 12.8. The van der Waals surface area contributed by atoms with Crippen LogP contribution in [0.1, 0.15) is 11.5 Å². The van der Waals surface area contributed by atoms with E-state index in [0.717, 1.165) is 16.3 Å². The second-order valence-corrected chi connectivity index (χ2v) is 5.19. The Bertz CT molecular complexity index is 689. The molecule has 0 N–H and O–H groups in total. The summed E-state index contributed by atoms with van der Waals surface area (Å²) in [4.78, 5) is 5.42. The molecule has 20 heavy (non-hydrogen) atoms. The van der Waals surface area contributed by atoms with Gasteiger partial charge < -0.3 is 9.15 Å². The minimum Gasteiger partial charge on any atom is -0.487 e. The monoisotopic (exact) mass is 289 g/mol. The van der Waals surface area contributed by atoms with Gasteiger partial charge in [0.05, 0.1) is 4.88 Å². The van der Waals surface area contributed by atoms with Crippen LogP contribution in [0.15, 0.2) is 46.2 Å². The van der Waals surface area contributed by atoms with Gasteiger partial charge in [-0.05, 0) is 42.6 Å². The summed E-state index contributed by atoms with van der Waals surface area (Å²) in [5.41, 5.74) is 0.748. The van der Waals surface area contributed by atoms with E-state index >= 15 is 0 Å². The number of aromatic nitrogens is 1. The summed E-state index contributed by atoms with van der Waals surface area (Å²) >= 11 is 1.58. The first kappa shape index (κ1) is 12.9. The number of hydrogen-bond donors (Lipinski definition) is 0. The van der Waals surface area contributed by atoms with Crippen molar-refractivity contribution in [2.45, 2.75) is 13.5 Å². The lowest BCUT2D eigenvalue weighted by Crippen LogP contribution is -1.97. The quantitative estimate of drug-likeness (QED) is 0.712. The second-order valence-electron chi connectivity index (χ2n) is 4.24. The molecular weight excluding hydrogens is 277 g/mol.